The van der Waals surface area contributed by atoms with E-state index in [2.05, 4.69) is 19.1 Å². The Labute approximate surface area is 117 Å². The first-order valence-corrected chi connectivity index (χ1v) is 7.89. The van der Waals surface area contributed by atoms with Crippen molar-refractivity contribution in [3.63, 3.8) is 0 Å². The molecule has 0 spiro atoms. The minimum Gasteiger partial charge on any atom is -0.298 e. The van der Waals surface area contributed by atoms with Crippen molar-refractivity contribution in [2.45, 2.75) is 64.2 Å². The number of hydrogen-bond donors (Lipinski definition) is 0. The second-order valence-corrected chi connectivity index (χ2v) is 5.96. The van der Waals surface area contributed by atoms with Crippen LogP contribution in [0.25, 0.3) is 0 Å². The molecule has 1 aliphatic rings. The molecule has 2 rings (SSSR count). The number of hydrogen-bond acceptors (Lipinski definition) is 1. The van der Waals surface area contributed by atoms with Gasteiger partial charge in [-0.3, -0.25) is 4.79 Å². The number of rotatable bonds is 6. The normalized spacial score (nSPS) is 23.2. The first kappa shape index (κ1) is 14.3. The highest BCUT2D eigenvalue weighted by molar-refractivity contribution is 5.77. The molecule has 1 aromatic rings. The highest BCUT2D eigenvalue weighted by Crippen LogP contribution is 2.38. The van der Waals surface area contributed by atoms with Crippen molar-refractivity contribution < 1.29 is 4.79 Å². The maximum Gasteiger partial charge on any atom is 0.150 e. The molecule has 1 saturated carbocycles. The van der Waals surface area contributed by atoms with Gasteiger partial charge in [-0.1, -0.05) is 56.9 Å². The number of carbonyl (C=O) groups is 1. The number of aldehydes is 1. The third kappa shape index (κ3) is 3.92. The first-order valence-electron chi connectivity index (χ1n) is 7.89. The minimum absolute atomic E-state index is 0.615. The Morgan fingerprint density at radius 2 is 1.84 bits per heavy atom. The second-order valence-electron chi connectivity index (χ2n) is 5.96. The van der Waals surface area contributed by atoms with E-state index in [1.165, 1.54) is 56.9 Å². The van der Waals surface area contributed by atoms with Crippen LogP contribution in [0.3, 0.4) is 0 Å². The Kier molecular flexibility index (Phi) is 5.62. The van der Waals surface area contributed by atoms with Gasteiger partial charge in [0, 0.05) is 5.56 Å². The van der Waals surface area contributed by atoms with Crippen LogP contribution in [-0.2, 0) is 0 Å². The summed E-state index contributed by atoms with van der Waals surface area (Å²) in [5.41, 5.74) is 2.18. The molecular formula is C18H26O. The summed E-state index contributed by atoms with van der Waals surface area (Å²) in [5.74, 6) is 1.55. The molecule has 104 valence electrons. The summed E-state index contributed by atoms with van der Waals surface area (Å²) in [6.45, 7) is 2.27. The highest BCUT2D eigenvalue weighted by atomic mass is 16.1. The Morgan fingerprint density at radius 3 is 2.53 bits per heavy atom. The zero-order valence-electron chi connectivity index (χ0n) is 12.1. The van der Waals surface area contributed by atoms with Gasteiger partial charge in [-0.2, -0.15) is 0 Å². The van der Waals surface area contributed by atoms with Gasteiger partial charge in [0.15, 0.2) is 0 Å². The molecule has 1 aliphatic carbocycles. The Morgan fingerprint density at radius 1 is 1.11 bits per heavy atom. The topological polar surface area (TPSA) is 17.1 Å². The van der Waals surface area contributed by atoms with Gasteiger partial charge >= 0.3 is 0 Å². The third-order valence-corrected chi connectivity index (χ3v) is 4.63. The van der Waals surface area contributed by atoms with Crippen molar-refractivity contribution in [1.29, 1.82) is 0 Å². The van der Waals surface area contributed by atoms with E-state index in [-0.39, 0.29) is 0 Å². The largest absolute Gasteiger partial charge is 0.298 e. The van der Waals surface area contributed by atoms with Crippen LogP contribution >= 0.6 is 0 Å². The molecular weight excluding hydrogens is 232 g/mol. The van der Waals surface area contributed by atoms with Gasteiger partial charge in [-0.25, -0.2) is 0 Å². The van der Waals surface area contributed by atoms with Crippen molar-refractivity contribution in [2.24, 2.45) is 5.92 Å². The Bertz CT molecular complexity index is 388. The van der Waals surface area contributed by atoms with Gasteiger partial charge in [0.2, 0.25) is 0 Å². The summed E-state index contributed by atoms with van der Waals surface area (Å²) in [5, 5.41) is 0. The fraction of sp³-hybridized carbons (Fsp3) is 0.611. The standard InChI is InChI=1S/C18H26O/c1-2-3-4-7-15-10-12-16(13-11-15)18-9-6-5-8-17(18)14-19/h5-6,8-9,14-16H,2-4,7,10-13H2,1H3. The summed E-state index contributed by atoms with van der Waals surface area (Å²) < 4.78 is 0. The van der Waals surface area contributed by atoms with Crippen LogP contribution in [0.4, 0.5) is 0 Å². The van der Waals surface area contributed by atoms with E-state index in [4.69, 9.17) is 0 Å². The molecule has 0 saturated heterocycles. The minimum atomic E-state index is 0.615. The van der Waals surface area contributed by atoms with E-state index in [9.17, 15) is 4.79 Å². The van der Waals surface area contributed by atoms with E-state index in [0.29, 0.717) is 5.92 Å². The molecule has 0 amide bonds. The molecule has 0 N–H and O–H groups in total. The average molecular weight is 258 g/mol. The Balaban J connectivity index is 1.87. The lowest BCUT2D eigenvalue weighted by Gasteiger charge is -2.29. The summed E-state index contributed by atoms with van der Waals surface area (Å²) in [6, 6.07) is 8.13. The van der Waals surface area contributed by atoms with E-state index >= 15 is 0 Å². The summed E-state index contributed by atoms with van der Waals surface area (Å²) >= 11 is 0. The molecule has 0 bridgehead atoms. The van der Waals surface area contributed by atoms with Gasteiger partial charge in [-0.05, 0) is 43.1 Å². The summed E-state index contributed by atoms with van der Waals surface area (Å²) in [6.07, 6.45) is 11.8. The fourth-order valence-electron chi connectivity index (χ4n) is 3.44. The SMILES string of the molecule is CCCCCC1CCC(c2ccccc2C=O)CC1. The molecule has 19 heavy (non-hydrogen) atoms. The van der Waals surface area contributed by atoms with Crippen molar-refractivity contribution >= 4 is 6.29 Å². The van der Waals surface area contributed by atoms with Crippen molar-refractivity contribution in [3.8, 4) is 0 Å². The third-order valence-electron chi connectivity index (χ3n) is 4.63. The second kappa shape index (κ2) is 7.47. The zero-order valence-corrected chi connectivity index (χ0v) is 12.1. The number of unbranched alkanes of at least 4 members (excludes halogenated alkanes) is 2. The van der Waals surface area contributed by atoms with Crippen molar-refractivity contribution in [1.82, 2.24) is 0 Å². The van der Waals surface area contributed by atoms with Crippen LogP contribution in [0.5, 0.6) is 0 Å². The maximum atomic E-state index is 11.1. The van der Waals surface area contributed by atoms with Crippen LogP contribution in [-0.4, -0.2) is 6.29 Å². The van der Waals surface area contributed by atoms with Gasteiger partial charge in [0.1, 0.15) is 6.29 Å². The molecule has 1 aromatic carbocycles. The molecule has 1 heteroatoms. The molecule has 0 aliphatic heterocycles. The lowest BCUT2D eigenvalue weighted by Crippen LogP contribution is -2.14. The monoisotopic (exact) mass is 258 g/mol. The number of benzene rings is 1. The molecule has 0 heterocycles. The van der Waals surface area contributed by atoms with Gasteiger partial charge < -0.3 is 0 Å². The lowest BCUT2D eigenvalue weighted by molar-refractivity contribution is 0.112. The van der Waals surface area contributed by atoms with Gasteiger partial charge in [0.25, 0.3) is 0 Å². The van der Waals surface area contributed by atoms with Crippen molar-refractivity contribution in [3.05, 3.63) is 35.4 Å². The van der Waals surface area contributed by atoms with E-state index in [1.807, 2.05) is 12.1 Å². The quantitative estimate of drug-likeness (QED) is 0.496. The van der Waals surface area contributed by atoms with Crippen LogP contribution in [0.2, 0.25) is 0 Å². The lowest BCUT2D eigenvalue weighted by atomic mass is 9.76. The Hall–Kier alpha value is -1.11. The summed E-state index contributed by atoms with van der Waals surface area (Å²) in [4.78, 5) is 11.1. The highest BCUT2D eigenvalue weighted by Gasteiger charge is 2.23. The fourth-order valence-corrected chi connectivity index (χ4v) is 3.44. The zero-order chi connectivity index (χ0) is 13.5. The van der Waals surface area contributed by atoms with Gasteiger partial charge in [-0.15, -0.1) is 0 Å². The molecule has 1 fully saturated rings. The van der Waals surface area contributed by atoms with Gasteiger partial charge in [0.05, 0.1) is 0 Å². The molecule has 0 unspecified atom stereocenters. The predicted molar refractivity (Wildman–Crippen MR) is 80.7 cm³/mol. The first-order chi connectivity index (χ1) is 9.35. The van der Waals surface area contributed by atoms with Crippen LogP contribution in [0, 0.1) is 5.92 Å². The van der Waals surface area contributed by atoms with E-state index in [1.54, 1.807) is 0 Å². The van der Waals surface area contributed by atoms with E-state index < -0.39 is 0 Å². The van der Waals surface area contributed by atoms with E-state index in [0.717, 1.165) is 17.8 Å². The van der Waals surface area contributed by atoms with Crippen LogP contribution in [0.1, 0.15) is 80.1 Å². The average Bonchev–Trinajstić information content (AvgIpc) is 2.48. The summed E-state index contributed by atoms with van der Waals surface area (Å²) in [7, 11) is 0. The van der Waals surface area contributed by atoms with Crippen LogP contribution < -0.4 is 0 Å². The molecule has 1 nitrogen and oxygen atoms in total. The molecule has 0 atom stereocenters. The maximum absolute atomic E-state index is 11.1. The smallest absolute Gasteiger partial charge is 0.150 e. The molecule has 0 radical (unpaired) electrons. The van der Waals surface area contributed by atoms with Crippen molar-refractivity contribution in [2.75, 3.05) is 0 Å². The number of carbonyl (C=O) groups excluding carboxylic acids is 1. The predicted octanol–water partition coefficient (Wildman–Crippen LogP) is 5.35. The molecule has 0 aromatic heterocycles. The van der Waals surface area contributed by atoms with Crippen LogP contribution in [0.15, 0.2) is 24.3 Å².